The maximum atomic E-state index is 10.8. The van der Waals surface area contributed by atoms with Gasteiger partial charge in [0.25, 0.3) is 0 Å². The van der Waals surface area contributed by atoms with Gasteiger partial charge in [0.15, 0.2) is 0 Å². The number of rotatable bonds is 3. The number of nitrogens with zero attached hydrogens (tertiary/aromatic N) is 1. The van der Waals surface area contributed by atoms with Crippen LogP contribution in [-0.4, -0.2) is 10.5 Å². The number of primary amides is 1. The van der Waals surface area contributed by atoms with Crippen molar-refractivity contribution in [3.63, 3.8) is 0 Å². The molecule has 1 heterocycles. The minimum atomic E-state index is -0.274. The first-order chi connectivity index (χ1) is 5.25. The van der Waals surface area contributed by atoms with E-state index in [4.69, 9.17) is 5.73 Å². The van der Waals surface area contributed by atoms with E-state index in [-0.39, 0.29) is 11.9 Å². The molecule has 1 atom stereocenters. The van der Waals surface area contributed by atoms with Crippen molar-refractivity contribution in [2.45, 2.75) is 19.4 Å². The number of carbonyl (C=O) groups excluding carboxylic acids is 1. The first-order valence-electron chi connectivity index (χ1n) is 3.67. The minimum Gasteiger partial charge on any atom is -0.368 e. The number of aromatic nitrogens is 1. The zero-order valence-corrected chi connectivity index (χ0v) is 6.53. The summed E-state index contributed by atoms with van der Waals surface area (Å²) in [5, 5.41) is 0. The fraction of sp³-hybridized carbons (Fsp3) is 0.375. The molecule has 3 heteroatoms. The van der Waals surface area contributed by atoms with Crippen LogP contribution in [0.25, 0.3) is 0 Å². The predicted molar refractivity (Wildman–Crippen MR) is 43.0 cm³/mol. The van der Waals surface area contributed by atoms with Gasteiger partial charge in [0, 0.05) is 12.4 Å². The van der Waals surface area contributed by atoms with Crippen molar-refractivity contribution in [1.29, 1.82) is 0 Å². The Morgan fingerprint density at radius 3 is 2.45 bits per heavy atom. The number of hydrogen-bond acceptors (Lipinski definition) is 1. The van der Waals surface area contributed by atoms with Crippen LogP contribution in [0.2, 0.25) is 0 Å². The van der Waals surface area contributed by atoms with E-state index in [1.807, 2.05) is 36.0 Å². The Balaban J connectivity index is 2.79. The Kier molecular flexibility index (Phi) is 2.31. The van der Waals surface area contributed by atoms with Crippen LogP contribution in [0.15, 0.2) is 24.5 Å². The predicted octanol–water partition coefficient (Wildman–Crippen LogP) is 0.924. The smallest absolute Gasteiger partial charge is 0.240 e. The molecule has 0 saturated heterocycles. The lowest BCUT2D eigenvalue weighted by atomic mass is 10.2. The second kappa shape index (κ2) is 3.23. The average molecular weight is 152 g/mol. The van der Waals surface area contributed by atoms with Crippen molar-refractivity contribution in [3.8, 4) is 0 Å². The number of nitrogens with two attached hydrogens (primary N) is 1. The SMILES string of the molecule is CCC(C(N)=O)n1cccc1. The van der Waals surface area contributed by atoms with E-state index >= 15 is 0 Å². The summed E-state index contributed by atoms with van der Waals surface area (Å²) in [5.74, 6) is -0.274. The fourth-order valence-corrected chi connectivity index (χ4v) is 1.11. The van der Waals surface area contributed by atoms with E-state index in [1.165, 1.54) is 0 Å². The third kappa shape index (κ3) is 1.61. The Hall–Kier alpha value is -1.25. The van der Waals surface area contributed by atoms with Crippen LogP contribution in [0.1, 0.15) is 19.4 Å². The molecule has 11 heavy (non-hydrogen) atoms. The molecule has 1 amide bonds. The van der Waals surface area contributed by atoms with Gasteiger partial charge in [-0.1, -0.05) is 6.92 Å². The van der Waals surface area contributed by atoms with Crippen LogP contribution < -0.4 is 5.73 Å². The molecule has 0 saturated carbocycles. The summed E-state index contributed by atoms with van der Waals surface area (Å²) >= 11 is 0. The number of hydrogen-bond donors (Lipinski definition) is 1. The molecular weight excluding hydrogens is 140 g/mol. The number of amides is 1. The van der Waals surface area contributed by atoms with Gasteiger partial charge < -0.3 is 10.3 Å². The summed E-state index contributed by atoms with van der Waals surface area (Å²) in [6.07, 6.45) is 4.43. The lowest BCUT2D eigenvalue weighted by Gasteiger charge is -2.11. The van der Waals surface area contributed by atoms with Gasteiger partial charge in [-0.3, -0.25) is 4.79 Å². The molecule has 0 fully saturated rings. The summed E-state index contributed by atoms with van der Waals surface area (Å²) in [6, 6.07) is 3.57. The molecule has 1 aromatic rings. The summed E-state index contributed by atoms with van der Waals surface area (Å²) in [7, 11) is 0. The van der Waals surface area contributed by atoms with Crippen LogP contribution in [0.3, 0.4) is 0 Å². The van der Waals surface area contributed by atoms with Crippen molar-refractivity contribution >= 4 is 5.91 Å². The van der Waals surface area contributed by atoms with Crippen LogP contribution in [-0.2, 0) is 4.79 Å². The molecule has 0 aliphatic heterocycles. The van der Waals surface area contributed by atoms with Gasteiger partial charge in [-0.15, -0.1) is 0 Å². The summed E-state index contributed by atoms with van der Waals surface area (Å²) in [6.45, 7) is 1.94. The average Bonchev–Trinajstić information content (AvgIpc) is 2.40. The topological polar surface area (TPSA) is 48.0 Å². The molecule has 1 aromatic heterocycles. The Morgan fingerprint density at radius 2 is 2.09 bits per heavy atom. The van der Waals surface area contributed by atoms with Gasteiger partial charge in [0.1, 0.15) is 6.04 Å². The number of carbonyl (C=O) groups is 1. The lowest BCUT2D eigenvalue weighted by molar-refractivity contribution is -0.121. The van der Waals surface area contributed by atoms with E-state index in [0.29, 0.717) is 0 Å². The van der Waals surface area contributed by atoms with E-state index in [2.05, 4.69) is 0 Å². The summed E-state index contributed by atoms with van der Waals surface area (Å²) in [5.41, 5.74) is 5.18. The lowest BCUT2D eigenvalue weighted by Crippen LogP contribution is -2.24. The quantitative estimate of drug-likeness (QED) is 0.688. The second-order valence-corrected chi connectivity index (χ2v) is 2.46. The van der Waals surface area contributed by atoms with E-state index < -0.39 is 0 Å². The van der Waals surface area contributed by atoms with Crippen molar-refractivity contribution in [2.75, 3.05) is 0 Å². The molecule has 0 aliphatic rings. The van der Waals surface area contributed by atoms with Crippen molar-refractivity contribution in [2.24, 2.45) is 5.73 Å². The summed E-state index contributed by atoms with van der Waals surface area (Å²) in [4.78, 5) is 10.8. The van der Waals surface area contributed by atoms with Gasteiger partial charge in [0.05, 0.1) is 0 Å². The largest absolute Gasteiger partial charge is 0.368 e. The fourth-order valence-electron chi connectivity index (χ4n) is 1.11. The van der Waals surface area contributed by atoms with E-state index in [1.54, 1.807) is 0 Å². The van der Waals surface area contributed by atoms with Gasteiger partial charge in [-0.25, -0.2) is 0 Å². The Morgan fingerprint density at radius 1 is 1.55 bits per heavy atom. The molecule has 2 N–H and O–H groups in total. The molecule has 3 nitrogen and oxygen atoms in total. The molecule has 1 unspecified atom stereocenters. The monoisotopic (exact) mass is 152 g/mol. The highest BCUT2D eigenvalue weighted by atomic mass is 16.1. The molecule has 60 valence electrons. The highest BCUT2D eigenvalue weighted by Gasteiger charge is 2.12. The van der Waals surface area contributed by atoms with Gasteiger partial charge >= 0.3 is 0 Å². The van der Waals surface area contributed by atoms with Crippen LogP contribution >= 0.6 is 0 Å². The third-order valence-corrected chi connectivity index (χ3v) is 1.70. The van der Waals surface area contributed by atoms with Crippen molar-refractivity contribution in [3.05, 3.63) is 24.5 Å². The molecule has 0 spiro atoms. The first kappa shape index (κ1) is 7.85. The van der Waals surface area contributed by atoms with Gasteiger partial charge in [0.2, 0.25) is 5.91 Å². The van der Waals surface area contributed by atoms with Crippen LogP contribution in [0.5, 0.6) is 0 Å². The molecular formula is C8H12N2O. The van der Waals surface area contributed by atoms with Gasteiger partial charge in [-0.2, -0.15) is 0 Å². The zero-order valence-electron chi connectivity index (χ0n) is 6.53. The standard InChI is InChI=1S/C8H12N2O/c1-2-7(8(9)11)10-5-3-4-6-10/h3-7H,2H2,1H3,(H2,9,11). The summed E-state index contributed by atoms with van der Waals surface area (Å²) < 4.78 is 1.82. The maximum Gasteiger partial charge on any atom is 0.240 e. The van der Waals surface area contributed by atoms with Crippen LogP contribution in [0, 0.1) is 0 Å². The molecule has 0 bridgehead atoms. The van der Waals surface area contributed by atoms with E-state index in [9.17, 15) is 4.79 Å². The minimum absolute atomic E-state index is 0.190. The highest BCUT2D eigenvalue weighted by Crippen LogP contribution is 2.09. The van der Waals surface area contributed by atoms with Gasteiger partial charge in [-0.05, 0) is 18.6 Å². The Labute approximate surface area is 65.8 Å². The van der Waals surface area contributed by atoms with Crippen molar-refractivity contribution in [1.82, 2.24) is 4.57 Å². The Bertz CT molecular complexity index is 228. The normalized spacial score (nSPS) is 12.8. The zero-order chi connectivity index (χ0) is 8.27. The molecule has 0 aromatic carbocycles. The van der Waals surface area contributed by atoms with Crippen LogP contribution in [0.4, 0.5) is 0 Å². The van der Waals surface area contributed by atoms with Crippen molar-refractivity contribution < 1.29 is 4.79 Å². The third-order valence-electron chi connectivity index (χ3n) is 1.70. The first-order valence-corrected chi connectivity index (χ1v) is 3.67. The maximum absolute atomic E-state index is 10.8. The second-order valence-electron chi connectivity index (χ2n) is 2.46. The van der Waals surface area contributed by atoms with E-state index in [0.717, 1.165) is 6.42 Å². The molecule has 0 aliphatic carbocycles. The molecule has 0 radical (unpaired) electrons. The molecule has 1 rings (SSSR count). The highest BCUT2D eigenvalue weighted by molar-refractivity contribution is 5.78.